The third-order valence-corrected chi connectivity index (χ3v) is 5.00. The Hall–Kier alpha value is -0.430. The standard InChI is InChI=1S/C13H19BrN2O2S/c1-3-16(8-10-4-5-12(14)19-10)13(17)11-6-9(18-2)7-15-11/h4-5,9,11,15H,3,6-8H2,1-2H3. The first-order chi connectivity index (χ1) is 9.13. The van der Waals surface area contributed by atoms with Crippen molar-refractivity contribution in [3.05, 3.63) is 20.8 Å². The molecule has 1 N–H and O–H groups in total. The molecule has 1 aliphatic heterocycles. The summed E-state index contributed by atoms with van der Waals surface area (Å²) in [7, 11) is 1.69. The molecular weight excluding hydrogens is 328 g/mol. The number of thiophene rings is 1. The Kier molecular flexibility index (Phi) is 5.38. The number of carbonyl (C=O) groups excluding carboxylic acids is 1. The summed E-state index contributed by atoms with van der Waals surface area (Å²) >= 11 is 5.12. The molecule has 0 radical (unpaired) electrons. The lowest BCUT2D eigenvalue weighted by Crippen LogP contribution is -2.43. The molecule has 0 aromatic carbocycles. The number of ether oxygens (including phenoxy) is 1. The van der Waals surface area contributed by atoms with E-state index in [9.17, 15) is 4.79 Å². The number of halogens is 1. The van der Waals surface area contributed by atoms with Crippen LogP contribution in [-0.4, -0.2) is 43.2 Å². The van der Waals surface area contributed by atoms with Crippen LogP contribution in [0.4, 0.5) is 0 Å². The van der Waals surface area contributed by atoms with Crippen LogP contribution in [0.15, 0.2) is 15.9 Å². The quantitative estimate of drug-likeness (QED) is 0.888. The van der Waals surface area contributed by atoms with E-state index < -0.39 is 0 Å². The fourth-order valence-corrected chi connectivity index (χ4v) is 3.76. The molecule has 1 aromatic heterocycles. The summed E-state index contributed by atoms with van der Waals surface area (Å²) in [5.41, 5.74) is 0. The molecule has 2 unspecified atom stereocenters. The number of nitrogens with one attached hydrogen (secondary N) is 1. The summed E-state index contributed by atoms with van der Waals surface area (Å²) in [6.45, 7) is 4.18. The third kappa shape index (κ3) is 3.78. The average molecular weight is 347 g/mol. The van der Waals surface area contributed by atoms with Gasteiger partial charge >= 0.3 is 0 Å². The van der Waals surface area contributed by atoms with Gasteiger partial charge in [0, 0.05) is 25.1 Å². The maximum atomic E-state index is 12.4. The summed E-state index contributed by atoms with van der Waals surface area (Å²) in [6, 6.07) is 3.98. The highest BCUT2D eigenvalue weighted by Gasteiger charge is 2.31. The first-order valence-electron chi connectivity index (χ1n) is 6.43. The van der Waals surface area contributed by atoms with E-state index in [1.54, 1.807) is 18.4 Å². The largest absolute Gasteiger partial charge is 0.380 e. The molecule has 1 aliphatic rings. The van der Waals surface area contributed by atoms with Crippen molar-refractivity contribution in [1.29, 1.82) is 0 Å². The van der Waals surface area contributed by atoms with Crippen molar-refractivity contribution < 1.29 is 9.53 Å². The van der Waals surface area contributed by atoms with Crippen LogP contribution in [0.2, 0.25) is 0 Å². The molecule has 1 fully saturated rings. The molecular formula is C13H19BrN2O2S. The molecule has 1 amide bonds. The number of hydrogen-bond acceptors (Lipinski definition) is 4. The maximum Gasteiger partial charge on any atom is 0.240 e. The van der Waals surface area contributed by atoms with Gasteiger partial charge in [-0.1, -0.05) is 0 Å². The van der Waals surface area contributed by atoms with Crippen LogP contribution < -0.4 is 5.32 Å². The van der Waals surface area contributed by atoms with Crippen LogP contribution >= 0.6 is 27.3 Å². The Morgan fingerprint density at radius 2 is 2.42 bits per heavy atom. The number of nitrogens with zero attached hydrogens (tertiary/aromatic N) is 1. The van der Waals surface area contributed by atoms with Gasteiger partial charge in [0.15, 0.2) is 0 Å². The molecule has 0 saturated carbocycles. The van der Waals surface area contributed by atoms with Gasteiger partial charge in [-0.3, -0.25) is 4.79 Å². The minimum absolute atomic E-state index is 0.103. The van der Waals surface area contributed by atoms with E-state index >= 15 is 0 Å². The van der Waals surface area contributed by atoms with Crippen molar-refractivity contribution in [3.63, 3.8) is 0 Å². The van der Waals surface area contributed by atoms with Crippen LogP contribution in [0.5, 0.6) is 0 Å². The van der Waals surface area contributed by atoms with Crippen LogP contribution in [-0.2, 0) is 16.1 Å². The Labute approximate surface area is 126 Å². The number of methoxy groups -OCH3 is 1. The average Bonchev–Trinajstić information content (AvgIpc) is 3.04. The van der Waals surface area contributed by atoms with E-state index in [1.165, 1.54) is 4.88 Å². The molecule has 19 heavy (non-hydrogen) atoms. The zero-order chi connectivity index (χ0) is 13.8. The summed E-state index contributed by atoms with van der Waals surface area (Å²) in [5.74, 6) is 0.173. The lowest BCUT2D eigenvalue weighted by molar-refractivity contribution is -0.133. The van der Waals surface area contributed by atoms with Gasteiger partial charge in [-0.2, -0.15) is 0 Å². The van der Waals surface area contributed by atoms with Crippen LogP contribution in [0.3, 0.4) is 0 Å². The summed E-state index contributed by atoms with van der Waals surface area (Å²) in [4.78, 5) is 15.5. The molecule has 106 valence electrons. The molecule has 0 spiro atoms. The molecule has 1 aromatic rings. The Balaban J connectivity index is 1.95. The minimum atomic E-state index is -0.103. The number of hydrogen-bond donors (Lipinski definition) is 1. The van der Waals surface area contributed by atoms with E-state index in [0.29, 0.717) is 6.54 Å². The van der Waals surface area contributed by atoms with Gasteiger partial charge in [0.1, 0.15) is 0 Å². The third-order valence-electron chi connectivity index (χ3n) is 3.39. The zero-order valence-corrected chi connectivity index (χ0v) is 13.6. The highest BCUT2D eigenvalue weighted by atomic mass is 79.9. The Morgan fingerprint density at radius 1 is 1.63 bits per heavy atom. The van der Waals surface area contributed by atoms with Gasteiger partial charge in [-0.15, -0.1) is 11.3 Å². The van der Waals surface area contributed by atoms with Crippen LogP contribution in [0.25, 0.3) is 0 Å². The van der Waals surface area contributed by atoms with E-state index in [4.69, 9.17) is 4.74 Å². The molecule has 6 heteroatoms. The predicted molar refractivity (Wildman–Crippen MR) is 80.3 cm³/mol. The van der Waals surface area contributed by atoms with Gasteiger partial charge in [-0.05, 0) is 41.4 Å². The van der Waals surface area contributed by atoms with Crippen molar-refractivity contribution in [2.24, 2.45) is 0 Å². The molecule has 4 nitrogen and oxygen atoms in total. The number of likely N-dealkylation sites (N-methyl/N-ethyl adjacent to an activating group) is 1. The van der Waals surface area contributed by atoms with E-state index in [-0.39, 0.29) is 18.1 Å². The second-order valence-electron chi connectivity index (χ2n) is 4.61. The smallest absolute Gasteiger partial charge is 0.240 e. The topological polar surface area (TPSA) is 41.6 Å². The number of carbonyl (C=O) groups is 1. The first-order valence-corrected chi connectivity index (χ1v) is 8.04. The molecule has 0 bridgehead atoms. The molecule has 2 rings (SSSR count). The van der Waals surface area contributed by atoms with Crippen molar-refractivity contribution >= 4 is 33.2 Å². The number of amides is 1. The monoisotopic (exact) mass is 346 g/mol. The second-order valence-corrected chi connectivity index (χ2v) is 7.16. The Bertz CT molecular complexity index is 438. The molecule has 1 saturated heterocycles. The maximum absolute atomic E-state index is 12.4. The lowest BCUT2D eigenvalue weighted by atomic mass is 10.1. The van der Waals surface area contributed by atoms with Gasteiger partial charge < -0.3 is 15.0 Å². The minimum Gasteiger partial charge on any atom is -0.380 e. The summed E-state index contributed by atoms with van der Waals surface area (Å²) in [5, 5.41) is 3.24. The van der Waals surface area contributed by atoms with Gasteiger partial charge in [-0.25, -0.2) is 0 Å². The van der Waals surface area contributed by atoms with Crippen molar-refractivity contribution in [2.45, 2.75) is 32.0 Å². The van der Waals surface area contributed by atoms with Gasteiger partial charge in [0.25, 0.3) is 0 Å². The normalized spacial score (nSPS) is 22.7. The fraction of sp³-hybridized carbons (Fsp3) is 0.615. The second kappa shape index (κ2) is 6.83. The molecule has 2 atom stereocenters. The first kappa shape index (κ1) is 15.0. The SMILES string of the molecule is CCN(Cc1ccc(Br)s1)C(=O)C1CC(OC)CN1. The van der Waals surface area contributed by atoms with Gasteiger partial charge in [0.05, 0.1) is 22.5 Å². The predicted octanol–water partition coefficient (Wildman–Crippen LogP) is 2.24. The number of rotatable bonds is 5. The fourth-order valence-electron chi connectivity index (χ4n) is 2.26. The van der Waals surface area contributed by atoms with Crippen molar-refractivity contribution in [3.8, 4) is 0 Å². The summed E-state index contributed by atoms with van der Waals surface area (Å²) < 4.78 is 6.39. The molecule has 0 aliphatic carbocycles. The van der Waals surface area contributed by atoms with Crippen molar-refractivity contribution in [2.75, 3.05) is 20.2 Å². The van der Waals surface area contributed by atoms with Gasteiger partial charge in [0.2, 0.25) is 5.91 Å². The Morgan fingerprint density at radius 3 is 2.95 bits per heavy atom. The van der Waals surface area contributed by atoms with Crippen molar-refractivity contribution in [1.82, 2.24) is 10.2 Å². The zero-order valence-electron chi connectivity index (χ0n) is 11.2. The van der Waals surface area contributed by atoms with E-state index in [0.717, 1.165) is 23.3 Å². The van der Waals surface area contributed by atoms with E-state index in [1.807, 2.05) is 17.9 Å². The summed E-state index contributed by atoms with van der Waals surface area (Å²) in [6.07, 6.45) is 0.920. The van der Waals surface area contributed by atoms with Crippen LogP contribution in [0, 0.1) is 0 Å². The lowest BCUT2D eigenvalue weighted by Gasteiger charge is -2.23. The van der Waals surface area contributed by atoms with Crippen LogP contribution in [0.1, 0.15) is 18.2 Å². The highest BCUT2D eigenvalue weighted by molar-refractivity contribution is 9.11. The highest BCUT2D eigenvalue weighted by Crippen LogP contribution is 2.24. The molecule has 2 heterocycles. The van der Waals surface area contributed by atoms with E-state index in [2.05, 4.69) is 27.3 Å².